The zero-order chi connectivity index (χ0) is 20.2. The number of nitriles is 1. The normalized spacial score (nSPS) is 11.6. The van der Waals surface area contributed by atoms with Gasteiger partial charge < -0.3 is 4.74 Å². The van der Waals surface area contributed by atoms with Crippen LogP contribution in [0.15, 0.2) is 83.9 Å². The number of hydrogen-bond acceptors (Lipinski definition) is 4. The first-order valence-electron chi connectivity index (χ1n) is 8.94. The lowest BCUT2D eigenvalue weighted by Crippen LogP contribution is -2.06. The third-order valence-corrected chi connectivity index (χ3v) is 5.42. The monoisotopic (exact) mass is 399 g/mol. The number of aryl methyl sites for hydroxylation is 1. The molecule has 0 fully saturated rings. The van der Waals surface area contributed by atoms with Gasteiger partial charge in [-0.25, -0.2) is 4.21 Å². The van der Waals surface area contributed by atoms with E-state index < -0.39 is 11.0 Å². The van der Waals surface area contributed by atoms with Crippen molar-refractivity contribution in [1.29, 1.82) is 5.26 Å². The fourth-order valence-corrected chi connectivity index (χ4v) is 3.74. The van der Waals surface area contributed by atoms with Crippen molar-refractivity contribution in [2.45, 2.75) is 11.8 Å². The fraction of sp³-hybridized carbons (Fsp3) is 0.0435. The molecule has 0 amide bonds. The average Bonchev–Trinajstić information content (AvgIpc) is 2.74. The van der Waals surface area contributed by atoms with Crippen molar-refractivity contribution in [2.75, 3.05) is 4.72 Å². The van der Waals surface area contributed by atoms with Crippen LogP contribution >= 0.6 is 0 Å². The van der Waals surface area contributed by atoms with Gasteiger partial charge in [0, 0.05) is 17.6 Å². The Morgan fingerprint density at radius 2 is 1.83 bits per heavy atom. The third-order valence-electron chi connectivity index (χ3n) is 4.31. The SMILES string of the molecule is Cc1ccc(S(=O)Nc2cc(Oc3cccc(C#N)c3)cc3cccnc23)cc1. The van der Waals surface area contributed by atoms with Gasteiger partial charge in [0.15, 0.2) is 0 Å². The number of pyridine rings is 1. The summed E-state index contributed by atoms with van der Waals surface area (Å²) in [6.45, 7) is 1.99. The highest BCUT2D eigenvalue weighted by Gasteiger charge is 2.11. The highest BCUT2D eigenvalue weighted by Crippen LogP contribution is 2.32. The van der Waals surface area contributed by atoms with Crippen molar-refractivity contribution in [3.63, 3.8) is 0 Å². The summed E-state index contributed by atoms with van der Waals surface area (Å²) in [6.07, 6.45) is 1.69. The van der Waals surface area contributed by atoms with Crippen molar-refractivity contribution in [3.05, 3.63) is 90.1 Å². The first-order valence-corrected chi connectivity index (χ1v) is 10.1. The molecule has 4 rings (SSSR count). The summed E-state index contributed by atoms with van der Waals surface area (Å²) in [7, 11) is -1.45. The predicted octanol–water partition coefficient (Wildman–Crippen LogP) is 5.34. The minimum atomic E-state index is -1.45. The number of rotatable bonds is 5. The van der Waals surface area contributed by atoms with Gasteiger partial charge in [0.2, 0.25) is 0 Å². The average molecular weight is 399 g/mol. The van der Waals surface area contributed by atoms with Gasteiger partial charge >= 0.3 is 0 Å². The molecule has 3 aromatic carbocycles. The molecule has 29 heavy (non-hydrogen) atoms. The summed E-state index contributed by atoms with van der Waals surface area (Å²) in [5, 5.41) is 9.93. The van der Waals surface area contributed by atoms with Crippen LogP contribution in [0.1, 0.15) is 11.1 Å². The summed E-state index contributed by atoms with van der Waals surface area (Å²) in [5.74, 6) is 1.11. The van der Waals surface area contributed by atoms with Gasteiger partial charge in [-0.3, -0.25) is 9.71 Å². The molecule has 0 spiro atoms. The van der Waals surface area contributed by atoms with E-state index in [0.29, 0.717) is 33.2 Å². The van der Waals surface area contributed by atoms with E-state index in [0.717, 1.165) is 10.9 Å². The maximum atomic E-state index is 12.8. The van der Waals surface area contributed by atoms with Crippen LogP contribution in [0, 0.1) is 18.3 Å². The van der Waals surface area contributed by atoms with Crippen molar-refractivity contribution in [3.8, 4) is 17.6 Å². The summed E-state index contributed by atoms with van der Waals surface area (Å²) in [6, 6.07) is 23.9. The Balaban J connectivity index is 1.69. The number of benzene rings is 3. The van der Waals surface area contributed by atoms with E-state index in [1.54, 1.807) is 36.5 Å². The van der Waals surface area contributed by atoms with Crippen LogP contribution in [0.4, 0.5) is 5.69 Å². The maximum absolute atomic E-state index is 12.8. The summed E-state index contributed by atoms with van der Waals surface area (Å²) in [5.41, 5.74) is 2.93. The molecule has 0 aliphatic carbocycles. The molecule has 4 aromatic rings. The Hall–Kier alpha value is -3.69. The van der Waals surface area contributed by atoms with Gasteiger partial charge in [0.05, 0.1) is 27.7 Å². The molecule has 142 valence electrons. The van der Waals surface area contributed by atoms with Crippen LogP contribution in [0.25, 0.3) is 10.9 Å². The number of ether oxygens (including phenoxy) is 1. The van der Waals surface area contributed by atoms with E-state index in [2.05, 4.69) is 15.8 Å². The lowest BCUT2D eigenvalue weighted by molar-refractivity contribution is 0.483. The molecule has 1 heterocycles. The lowest BCUT2D eigenvalue weighted by Gasteiger charge is -2.12. The van der Waals surface area contributed by atoms with Gasteiger partial charge in [-0.15, -0.1) is 0 Å². The standard InChI is InChI=1S/C23H17N3O2S/c1-16-7-9-21(10-8-16)29(27)26-22-14-20(13-18-5-3-11-25-23(18)22)28-19-6-2-4-17(12-19)15-24/h2-14,26H,1H3. The lowest BCUT2D eigenvalue weighted by atomic mass is 10.2. The molecule has 0 aliphatic heterocycles. The summed E-state index contributed by atoms with van der Waals surface area (Å²) < 4.78 is 21.8. The quantitative estimate of drug-likeness (QED) is 0.491. The Kier molecular flexibility index (Phi) is 5.23. The molecule has 6 heteroatoms. The van der Waals surface area contributed by atoms with Gasteiger partial charge in [0.25, 0.3) is 0 Å². The molecule has 1 atom stereocenters. The number of fused-ring (bicyclic) bond motifs is 1. The smallest absolute Gasteiger partial charge is 0.150 e. The van der Waals surface area contributed by atoms with Crippen molar-refractivity contribution >= 4 is 27.6 Å². The molecule has 5 nitrogen and oxygen atoms in total. The zero-order valence-electron chi connectivity index (χ0n) is 15.6. The van der Waals surface area contributed by atoms with E-state index in [4.69, 9.17) is 10.00 Å². The molecule has 1 unspecified atom stereocenters. The largest absolute Gasteiger partial charge is 0.457 e. The first-order chi connectivity index (χ1) is 14.1. The number of nitrogens with one attached hydrogen (secondary N) is 1. The van der Waals surface area contributed by atoms with Gasteiger partial charge in [-0.05, 0) is 49.4 Å². The number of hydrogen-bond donors (Lipinski definition) is 1. The van der Waals surface area contributed by atoms with Crippen LogP contribution < -0.4 is 9.46 Å². The van der Waals surface area contributed by atoms with Crippen LogP contribution in [0.2, 0.25) is 0 Å². The Bertz CT molecular complexity index is 1250. The molecule has 1 N–H and O–H groups in total. The van der Waals surface area contributed by atoms with Crippen LogP contribution in [0.5, 0.6) is 11.5 Å². The number of anilines is 1. The number of aromatic nitrogens is 1. The first kappa shape index (κ1) is 18.7. The molecule has 1 aromatic heterocycles. The second-order valence-corrected chi connectivity index (χ2v) is 7.68. The minimum absolute atomic E-state index is 0.517. The second kappa shape index (κ2) is 8.13. The van der Waals surface area contributed by atoms with Gasteiger partial charge in [-0.1, -0.05) is 29.8 Å². The highest BCUT2D eigenvalue weighted by atomic mass is 32.2. The fourth-order valence-electron chi connectivity index (χ4n) is 2.89. The number of nitrogens with zero attached hydrogens (tertiary/aromatic N) is 2. The highest BCUT2D eigenvalue weighted by molar-refractivity contribution is 7.86. The topological polar surface area (TPSA) is 75.0 Å². The zero-order valence-corrected chi connectivity index (χ0v) is 16.4. The van der Waals surface area contributed by atoms with E-state index in [1.807, 2.05) is 49.4 Å². The molecule has 0 bridgehead atoms. The summed E-state index contributed by atoms with van der Waals surface area (Å²) in [4.78, 5) is 5.10. The van der Waals surface area contributed by atoms with Crippen molar-refractivity contribution < 1.29 is 8.95 Å². The van der Waals surface area contributed by atoms with Crippen LogP contribution in [-0.2, 0) is 11.0 Å². The van der Waals surface area contributed by atoms with Crippen molar-refractivity contribution in [1.82, 2.24) is 4.98 Å². The van der Waals surface area contributed by atoms with Crippen LogP contribution in [-0.4, -0.2) is 9.19 Å². The summed E-state index contributed by atoms with van der Waals surface area (Å²) >= 11 is 0. The molecule has 0 saturated carbocycles. The molecular weight excluding hydrogens is 382 g/mol. The Labute approximate surface area is 171 Å². The Morgan fingerprint density at radius 1 is 1.00 bits per heavy atom. The van der Waals surface area contributed by atoms with Gasteiger partial charge in [-0.2, -0.15) is 5.26 Å². The molecule has 0 aliphatic rings. The van der Waals surface area contributed by atoms with E-state index in [1.165, 1.54) is 0 Å². The predicted molar refractivity (Wildman–Crippen MR) is 114 cm³/mol. The van der Waals surface area contributed by atoms with Crippen molar-refractivity contribution in [2.24, 2.45) is 0 Å². The second-order valence-electron chi connectivity index (χ2n) is 6.47. The molecular formula is C23H17N3O2S. The maximum Gasteiger partial charge on any atom is 0.150 e. The third kappa shape index (κ3) is 4.26. The van der Waals surface area contributed by atoms with E-state index >= 15 is 0 Å². The van der Waals surface area contributed by atoms with E-state index in [-0.39, 0.29) is 0 Å². The molecule has 0 saturated heterocycles. The molecule has 0 radical (unpaired) electrons. The Morgan fingerprint density at radius 3 is 2.62 bits per heavy atom. The van der Waals surface area contributed by atoms with Gasteiger partial charge in [0.1, 0.15) is 22.5 Å². The van der Waals surface area contributed by atoms with E-state index in [9.17, 15) is 4.21 Å². The minimum Gasteiger partial charge on any atom is -0.457 e. The van der Waals surface area contributed by atoms with Crippen LogP contribution in [0.3, 0.4) is 0 Å².